The van der Waals surface area contributed by atoms with Gasteiger partial charge in [0.25, 0.3) is 0 Å². The zero-order valence-electron chi connectivity index (χ0n) is 36.8. The second-order valence-corrected chi connectivity index (χ2v) is 17.8. The number of hydrogen-bond donors (Lipinski definition) is 0. The Bertz CT molecular complexity index is 3820. The molecule has 0 atom stereocenters. The van der Waals surface area contributed by atoms with Crippen LogP contribution in [0.15, 0.2) is 212 Å². The van der Waals surface area contributed by atoms with E-state index in [1.165, 1.54) is 65.8 Å². The van der Waals surface area contributed by atoms with Gasteiger partial charge in [0.1, 0.15) is 0 Å². The van der Waals surface area contributed by atoms with Crippen LogP contribution < -0.4 is 15.5 Å². The highest BCUT2D eigenvalue weighted by molar-refractivity contribution is 6.16. The van der Waals surface area contributed by atoms with Crippen LogP contribution >= 0.6 is 0 Å². The molecular weight excluding hydrogens is 787 g/mol. The lowest BCUT2D eigenvalue weighted by atomic mass is 9.82. The van der Waals surface area contributed by atoms with Crippen LogP contribution in [0.3, 0.4) is 0 Å². The van der Waals surface area contributed by atoms with Gasteiger partial charge < -0.3 is 14.0 Å². The molecule has 11 aromatic rings. The minimum atomic E-state index is -0.124. The minimum Gasteiger partial charge on any atom is -0.310 e. The van der Waals surface area contributed by atoms with Gasteiger partial charge in [-0.15, -0.1) is 0 Å². The van der Waals surface area contributed by atoms with E-state index in [0.717, 1.165) is 50.1 Å². The second kappa shape index (κ2) is 15.0. The molecule has 3 nitrogen and oxygen atoms in total. The monoisotopic (exact) mass is 833 g/mol. The molecule has 3 heteroatoms. The molecule has 65 heavy (non-hydrogen) atoms. The van der Waals surface area contributed by atoms with Crippen molar-refractivity contribution in [1.29, 1.82) is 0 Å². The Morgan fingerprint density at radius 2 is 1.15 bits per heavy atom. The molecule has 2 aromatic heterocycles. The number of anilines is 3. The number of para-hydroxylation sites is 2. The molecule has 0 bridgehead atoms. The number of aromatic nitrogens is 2. The summed E-state index contributed by atoms with van der Waals surface area (Å²) in [5, 5.41) is 8.13. The molecule has 0 saturated carbocycles. The minimum absolute atomic E-state index is 0.124. The van der Waals surface area contributed by atoms with Gasteiger partial charge in [-0.3, -0.25) is 0 Å². The Morgan fingerprint density at radius 3 is 2.00 bits per heavy atom. The van der Waals surface area contributed by atoms with Gasteiger partial charge in [-0.05, 0) is 118 Å². The molecule has 9 aromatic carbocycles. The summed E-state index contributed by atoms with van der Waals surface area (Å²) in [5.74, 6) is 0. The van der Waals surface area contributed by atoms with Crippen molar-refractivity contribution in [3.8, 4) is 33.6 Å². The van der Waals surface area contributed by atoms with E-state index in [1.54, 1.807) is 0 Å². The van der Waals surface area contributed by atoms with Gasteiger partial charge in [-0.2, -0.15) is 0 Å². The fourth-order valence-corrected chi connectivity index (χ4v) is 10.7. The Morgan fingerprint density at radius 1 is 0.492 bits per heavy atom. The molecule has 0 amide bonds. The van der Waals surface area contributed by atoms with Crippen molar-refractivity contribution in [2.24, 2.45) is 0 Å². The van der Waals surface area contributed by atoms with Crippen molar-refractivity contribution in [3.05, 3.63) is 234 Å². The SMILES string of the molecule is C=c1/c(=C\C=C/C)c2ccc(-c3cccc4c3c3ccccc3n4-c3ccccc3)cc2n1-c1ccc(N(c2ccc3c(c2)C(C)(C)c2ccccc2-3)c2cccc3ccccc23)cc1. The van der Waals surface area contributed by atoms with E-state index >= 15 is 0 Å². The second-order valence-electron chi connectivity index (χ2n) is 17.8. The normalized spacial score (nSPS) is 13.4. The number of fused-ring (bicyclic) bond motifs is 8. The smallest absolute Gasteiger partial charge is 0.0547 e. The summed E-state index contributed by atoms with van der Waals surface area (Å²) in [5.41, 5.74) is 16.7. The Labute approximate surface area is 379 Å². The molecule has 0 N–H and O–H groups in total. The lowest BCUT2D eigenvalue weighted by molar-refractivity contribution is 0.660. The number of allylic oxidation sites excluding steroid dienone is 2. The Balaban J connectivity index is 1.03. The highest BCUT2D eigenvalue weighted by Gasteiger charge is 2.36. The summed E-state index contributed by atoms with van der Waals surface area (Å²) in [6.07, 6.45) is 6.39. The third kappa shape index (κ3) is 5.96. The van der Waals surface area contributed by atoms with Gasteiger partial charge in [0, 0.05) is 60.3 Å². The van der Waals surface area contributed by atoms with Crippen molar-refractivity contribution in [1.82, 2.24) is 9.13 Å². The average Bonchev–Trinajstić information content (AvgIpc) is 3.92. The summed E-state index contributed by atoms with van der Waals surface area (Å²) >= 11 is 0. The highest BCUT2D eigenvalue weighted by Crippen LogP contribution is 2.51. The number of rotatable bonds is 7. The first-order valence-corrected chi connectivity index (χ1v) is 22.6. The van der Waals surface area contributed by atoms with E-state index in [4.69, 9.17) is 6.58 Å². The summed E-state index contributed by atoms with van der Waals surface area (Å²) in [7, 11) is 0. The van der Waals surface area contributed by atoms with Gasteiger partial charge in [0.05, 0.1) is 22.2 Å². The van der Waals surface area contributed by atoms with E-state index in [-0.39, 0.29) is 5.41 Å². The fraction of sp³-hybridized carbons (Fsp3) is 0.0645. The summed E-state index contributed by atoms with van der Waals surface area (Å²) < 4.78 is 4.72. The van der Waals surface area contributed by atoms with Crippen molar-refractivity contribution in [3.63, 3.8) is 0 Å². The molecule has 2 heterocycles. The van der Waals surface area contributed by atoms with Gasteiger partial charge in [0.2, 0.25) is 0 Å². The number of nitrogens with zero attached hydrogens (tertiary/aromatic N) is 3. The molecule has 1 aliphatic carbocycles. The molecule has 0 aliphatic heterocycles. The van der Waals surface area contributed by atoms with Crippen LogP contribution in [0.5, 0.6) is 0 Å². The predicted molar refractivity (Wildman–Crippen MR) is 277 cm³/mol. The summed E-state index contributed by atoms with van der Waals surface area (Å²) in [4.78, 5) is 2.43. The number of benzene rings is 9. The maximum absolute atomic E-state index is 4.75. The van der Waals surface area contributed by atoms with Crippen molar-refractivity contribution in [2.45, 2.75) is 26.2 Å². The van der Waals surface area contributed by atoms with Gasteiger partial charge in [-0.25, -0.2) is 0 Å². The molecule has 12 rings (SSSR count). The molecule has 0 spiro atoms. The van der Waals surface area contributed by atoms with Crippen LogP contribution in [-0.4, -0.2) is 9.13 Å². The van der Waals surface area contributed by atoms with E-state index in [2.05, 4.69) is 253 Å². The summed E-state index contributed by atoms with van der Waals surface area (Å²) in [6, 6.07) is 73.4. The maximum atomic E-state index is 4.75. The van der Waals surface area contributed by atoms with Crippen LogP contribution in [0, 0.1) is 0 Å². The van der Waals surface area contributed by atoms with E-state index in [9.17, 15) is 0 Å². The van der Waals surface area contributed by atoms with Crippen molar-refractivity contribution < 1.29 is 0 Å². The van der Waals surface area contributed by atoms with Crippen LogP contribution in [0.4, 0.5) is 17.1 Å². The topological polar surface area (TPSA) is 13.1 Å². The van der Waals surface area contributed by atoms with Crippen molar-refractivity contribution >= 4 is 73.2 Å². The standard InChI is InChI=1S/C62H47N3/c1-5-6-22-48-41(2)63(60-39-43(31-37-53(48)60)50-26-17-30-59-61(50)54-25-13-15-28-58(54)65(59)44-20-8-7-9-21-44)45-32-34-46(35-33-45)64(57-29-16-19-42-18-10-11-23-49(42)57)47-36-38-52-51-24-12-14-27-55(51)62(3,4)56(52)40-47/h5-40H,2H2,1,3-4H3/b6-5-,48-22+. The summed E-state index contributed by atoms with van der Waals surface area (Å²) in [6.45, 7) is 11.5. The van der Waals surface area contributed by atoms with E-state index in [1.807, 2.05) is 0 Å². The fourth-order valence-electron chi connectivity index (χ4n) is 10.7. The maximum Gasteiger partial charge on any atom is 0.0547 e. The van der Waals surface area contributed by atoms with E-state index in [0.29, 0.717) is 0 Å². The van der Waals surface area contributed by atoms with Gasteiger partial charge in [0.15, 0.2) is 0 Å². The average molecular weight is 834 g/mol. The third-order valence-corrected chi connectivity index (χ3v) is 13.8. The molecule has 1 aliphatic rings. The zero-order valence-corrected chi connectivity index (χ0v) is 36.8. The predicted octanol–water partition coefficient (Wildman–Crippen LogP) is 15.1. The van der Waals surface area contributed by atoms with Gasteiger partial charge >= 0.3 is 0 Å². The Hall–Kier alpha value is -8.14. The molecule has 0 radical (unpaired) electrons. The zero-order chi connectivity index (χ0) is 43.8. The number of hydrogen-bond acceptors (Lipinski definition) is 1. The van der Waals surface area contributed by atoms with Crippen LogP contribution in [-0.2, 0) is 5.41 Å². The first-order valence-electron chi connectivity index (χ1n) is 22.6. The molecule has 0 unspecified atom stereocenters. The largest absolute Gasteiger partial charge is 0.310 e. The lowest BCUT2D eigenvalue weighted by Crippen LogP contribution is -2.26. The molecule has 0 saturated heterocycles. The molecule has 0 fully saturated rings. The van der Waals surface area contributed by atoms with Crippen molar-refractivity contribution in [2.75, 3.05) is 4.90 Å². The van der Waals surface area contributed by atoms with Crippen LogP contribution in [0.2, 0.25) is 0 Å². The van der Waals surface area contributed by atoms with Crippen LogP contribution in [0.25, 0.3) is 89.8 Å². The van der Waals surface area contributed by atoms with Crippen LogP contribution in [0.1, 0.15) is 31.9 Å². The first-order chi connectivity index (χ1) is 31.9. The third-order valence-electron chi connectivity index (χ3n) is 13.8. The lowest BCUT2D eigenvalue weighted by Gasteiger charge is -2.29. The first kappa shape index (κ1) is 38.5. The van der Waals surface area contributed by atoms with Gasteiger partial charge in [-0.1, -0.05) is 166 Å². The highest BCUT2D eigenvalue weighted by atomic mass is 15.1. The van der Waals surface area contributed by atoms with E-state index < -0.39 is 0 Å². The molecule has 310 valence electrons. The quantitative estimate of drug-likeness (QED) is 0.156. The molecular formula is C62H47N3. The Kier molecular flexibility index (Phi) is 8.89.